The van der Waals surface area contributed by atoms with Crippen LogP contribution in [0.3, 0.4) is 0 Å². The Bertz CT molecular complexity index is 454. The molecule has 6 heteroatoms. The summed E-state index contributed by atoms with van der Waals surface area (Å²) in [5.41, 5.74) is 0. The Kier molecular flexibility index (Phi) is 4.83. The average Bonchev–Trinajstić information content (AvgIpc) is 2.34. The quantitative estimate of drug-likeness (QED) is 0.734. The number of halogens is 4. The van der Waals surface area contributed by atoms with Crippen LogP contribution in [-0.4, -0.2) is 12.5 Å². The van der Waals surface area contributed by atoms with E-state index in [9.17, 15) is 13.2 Å². The van der Waals surface area contributed by atoms with Gasteiger partial charge in [-0.2, -0.15) is 0 Å². The molecule has 1 aliphatic carbocycles. The van der Waals surface area contributed by atoms with Crippen molar-refractivity contribution in [3.05, 3.63) is 22.7 Å². The van der Waals surface area contributed by atoms with Crippen LogP contribution in [0.2, 0.25) is 0 Å². The first kappa shape index (κ1) is 15.5. The van der Waals surface area contributed by atoms with E-state index >= 15 is 0 Å². The van der Waals surface area contributed by atoms with Crippen LogP contribution in [-0.2, 0) is 0 Å². The molecule has 1 aliphatic rings. The molecule has 0 aromatic heterocycles. The maximum Gasteiger partial charge on any atom is 0.573 e. The molecule has 0 radical (unpaired) electrons. The van der Waals surface area contributed by atoms with Gasteiger partial charge in [0.2, 0.25) is 0 Å². The highest BCUT2D eigenvalue weighted by atomic mass is 79.9. The van der Waals surface area contributed by atoms with E-state index in [0.717, 1.165) is 31.6 Å². The summed E-state index contributed by atoms with van der Waals surface area (Å²) in [7, 11) is 0. The van der Waals surface area contributed by atoms with Gasteiger partial charge in [0, 0.05) is 0 Å². The van der Waals surface area contributed by atoms with Gasteiger partial charge in [0.25, 0.3) is 0 Å². The number of ether oxygens (including phenoxy) is 2. The number of hydrogen-bond donors (Lipinski definition) is 0. The van der Waals surface area contributed by atoms with E-state index in [1.54, 1.807) is 0 Å². The Labute approximate surface area is 124 Å². The summed E-state index contributed by atoms with van der Waals surface area (Å²) in [6, 6.07) is 4.28. The number of hydrogen-bond acceptors (Lipinski definition) is 2. The predicted molar refractivity (Wildman–Crippen MR) is 72.9 cm³/mol. The summed E-state index contributed by atoms with van der Waals surface area (Å²) in [6.45, 7) is 2.22. The molecule has 1 aromatic carbocycles. The van der Waals surface area contributed by atoms with Crippen molar-refractivity contribution < 1.29 is 22.6 Å². The highest BCUT2D eigenvalue weighted by Gasteiger charge is 2.32. The molecule has 20 heavy (non-hydrogen) atoms. The van der Waals surface area contributed by atoms with Crippen LogP contribution in [0.15, 0.2) is 22.7 Å². The van der Waals surface area contributed by atoms with Gasteiger partial charge < -0.3 is 9.47 Å². The van der Waals surface area contributed by atoms with Crippen molar-refractivity contribution in [2.75, 3.05) is 0 Å². The Morgan fingerprint density at radius 1 is 1.15 bits per heavy atom. The molecule has 1 fully saturated rings. The van der Waals surface area contributed by atoms with E-state index < -0.39 is 6.36 Å². The second-order valence-electron chi connectivity index (χ2n) is 5.14. The Morgan fingerprint density at radius 2 is 1.80 bits per heavy atom. The van der Waals surface area contributed by atoms with Crippen LogP contribution in [0.1, 0.15) is 32.6 Å². The fourth-order valence-corrected chi connectivity index (χ4v) is 2.74. The van der Waals surface area contributed by atoms with Crippen LogP contribution < -0.4 is 9.47 Å². The Balaban J connectivity index is 1.98. The molecule has 1 aromatic rings. The van der Waals surface area contributed by atoms with E-state index in [-0.39, 0.29) is 16.3 Å². The van der Waals surface area contributed by atoms with Crippen molar-refractivity contribution in [1.29, 1.82) is 0 Å². The largest absolute Gasteiger partial charge is 0.573 e. The lowest BCUT2D eigenvalue weighted by atomic mass is 9.89. The SMILES string of the molecule is CC1CCC(Oc2ccc(OC(F)(F)F)c(Br)c2)CC1. The molecule has 0 spiro atoms. The summed E-state index contributed by atoms with van der Waals surface area (Å²) in [5.74, 6) is 1.03. The maximum atomic E-state index is 12.2. The van der Waals surface area contributed by atoms with Crippen LogP contribution >= 0.6 is 15.9 Å². The normalized spacial score (nSPS) is 23.4. The first-order valence-corrected chi connectivity index (χ1v) is 7.35. The Morgan fingerprint density at radius 3 is 2.35 bits per heavy atom. The molecule has 0 N–H and O–H groups in total. The smallest absolute Gasteiger partial charge is 0.490 e. The molecule has 1 saturated carbocycles. The van der Waals surface area contributed by atoms with E-state index in [1.807, 2.05) is 0 Å². The van der Waals surface area contributed by atoms with Crippen molar-refractivity contribution >= 4 is 15.9 Å². The lowest BCUT2D eigenvalue weighted by Gasteiger charge is -2.27. The Hall–Kier alpha value is -0.910. The first-order chi connectivity index (χ1) is 9.33. The zero-order chi connectivity index (χ0) is 14.8. The number of benzene rings is 1. The summed E-state index contributed by atoms with van der Waals surface area (Å²) < 4.78 is 46.4. The lowest BCUT2D eigenvalue weighted by molar-refractivity contribution is -0.274. The summed E-state index contributed by atoms with van der Waals surface area (Å²) in [5, 5.41) is 0. The fraction of sp³-hybridized carbons (Fsp3) is 0.571. The predicted octanol–water partition coefficient (Wildman–Crippen LogP) is 5.31. The minimum atomic E-state index is -4.69. The van der Waals surface area contributed by atoms with Gasteiger partial charge in [0.05, 0.1) is 10.6 Å². The van der Waals surface area contributed by atoms with Crippen molar-refractivity contribution in [3.8, 4) is 11.5 Å². The standard InChI is InChI=1S/C14H16BrF3O2/c1-9-2-4-10(5-3-9)19-11-6-7-13(12(15)8-11)20-14(16,17)18/h6-10H,2-5H2,1H3. The molecule has 0 heterocycles. The van der Waals surface area contributed by atoms with Crippen molar-refractivity contribution in [1.82, 2.24) is 0 Å². The summed E-state index contributed by atoms with van der Waals surface area (Å²) in [6.07, 6.45) is -0.321. The molecule has 0 saturated heterocycles. The monoisotopic (exact) mass is 352 g/mol. The molecule has 0 unspecified atom stereocenters. The van der Waals surface area contributed by atoms with Gasteiger partial charge in [-0.3, -0.25) is 0 Å². The summed E-state index contributed by atoms with van der Waals surface area (Å²) >= 11 is 3.07. The zero-order valence-corrected chi connectivity index (χ0v) is 12.6. The molecular weight excluding hydrogens is 337 g/mol. The molecule has 0 atom stereocenters. The molecule has 2 rings (SSSR count). The number of alkyl halides is 3. The molecule has 0 aliphatic heterocycles. The lowest BCUT2D eigenvalue weighted by Crippen LogP contribution is -2.23. The summed E-state index contributed by atoms with van der Waals surface area (Å²) in [4.78, 5) is 0. The first-order valence-electron chi connectivity index (χ1n) is 6.55. The minimum Gasteiger partial charge on any atom is -0.490 e. The molecule has 0 amide bonds. The zero-order valence-electron chi connectivity index (χ0n) is 11.0. The molecule has 112 valence electrons. The van der Waals surface area contributed by atoms with Gasteiger partial charge in [-0.05, 0) is 65.7 Å². The molecular formula is C14H16BrF3O2. The van der Waals surface area contributed by atoms with Gasteiger partial charge in [-0.1, -0.05) is 6.92 Å². The van der Waals surface area contributed by atoms with Crippen LogP contribution in [0.25, 0.3) is 0 Å². The van der Waals surface area contributed by atoms with Crippen LogP contribution in [0.5, 0.6) is 11.5 Å². The fourth-order valence-electron chi connectivity index (χ4n) is 2.30. The average molecular weight is 353 g/mol. The third kappa shape index (κ3) is 4.58. The van der Waals surface area contributed by atoms with Crippen molar-refractivity contribution in [2.24, 2.45) is 5.92 Å². The van der Waals surface area contributed by atoms with Gasteiger partial charge in [-0.15, -0.1) is 13.2 Å². The third-order valence-electron chi connectivity index (χ3n) is 3.39. The van der Waals surface area contributed by atoms with Crippen molar-refractivity contribution in [2.45, 2.75) is 45.1 Å². The maximum absolute atomic E-state index is 12.2. The van der Waals surface area contributed by atoms with E-state index in [2.05, 4.69) is 27.6 Å². The number of rotatable bonds is 3. The van der Waals surface area contributed by atoms with E-state index in [1.165, 1.54) is 18.2 Å². The second kappa shape index (κ2) is 6.24. The molecule has 0 bridgehead atoms. The molecule has 2 nitrogen and oxygen atoms in total. The minimum absolute atomic E-state index is 0.146. The van der Waals surface area contributed by atoms with E-state index in [4.69, 9.17) is 4.74 Å². The van der Waals surface area contributed by atoms with Crippen LogP contribution in [0, 0.1) is 5.92 Å². The van der Waals surface area contributed by atoms with Gasteiger partial charge in [0.15, 0.2) is 0 Å². The van der Waals surface area contributed by atoms with Gasteiger partial charge in [-0.25, -0.2) is 0 Å². The highest BCUT2D eigenvalue weighted by Crippen LogP contribution is 2.34. The second-order valence-corrected chi connectivity index (χ2v) is 5.99. The van der Waals surface area contributed by atoms with E-state index in [0.29, 0.717) is 5.75 Å². The third-order valence-corrected chi connectivity index (χ3v) is 4.01. The van der Waals surface area contributed by atoms with Gasteiger partial charge in [0.1, 0.15) is 11.5 Å². The topological polar surface area (TPSA) is 18.5 Å². The van der Waals surface area contributed by atoms with Crippen molar-refractivity contribution in [3.63, 3.8) is 0 Å². The van der Waals surface area contributed by atoms with Crippen LogP contribution in [0.4, 0.5) is 13.2 Å². The highest BCUT2D eigenvalue weighted by molar-refractivity contribution is 9.10. The van der Waals surface area contributed by atoms with Gasteiger partial charge >= 0.3 is 6.36 Å².